The van der Waals surface area contributed by atoms with E-state index in [1.54, 1.807) is 19.2 Å². The number of fused-ring (bicyclic) bond motifs is 1. The van der Waals surface area contributed by atoms with Gasteiger partial charge in [-0.2, -0.15) is 5.10 Å². The topological polar surface area (TPSA) is 59.9 Å². The van der Waals surface area contributed by atoms with Crippen molar-refractivity contribution in [2.24, 2.45) is 0 Å². The molecule has 0 unspecified atom stereocenters. The van der Waals surface area contributed by atoms with Crippen LogP contribution in [-0.4, -0.2) is 14.8 Å². The van der Waals surface area contributed by atoms with Gasteiger partial charge in [0.1, 0.15) is 28.5 Å². The SMILES string of the molecule is Cc1cc(OCc2ccc(F)cc2F)c(Br)c(=O)n1-c1ccc2cn[nH]c2c1. The molecule has 0 saturated carbocycles. The van der Waals surface area contributed by atoms with Gasteiger partial charge in [-0.1, -0.05) is 0 Å². The maximum Gasteiger partial charge on any atom is 0.273 e. The summed E-state index contributed by atoms with van der Waals surface area (Å²) in [5, 5.41) is 7.80. The van der Waals surface area contributed by atoms with Crippen molar-refractivity contribution in [2.75, 3.05) is 0 Å². The fourth-order valence-corrected chi connectivity index (χ4v) is 3.37. The highest BCUT2D eigenvalue weighted by molar-refractivity contribution is 9.10. The van der Waals surface area contributed by atoms with Gasteiger partial charge in [0.15, 0.2) is 0 Å². The summed E-state index contributed by atoms with van der Waals surface area (Å²) in [6.45, 7) is 1.64. The number of nitrogens with one attached hydrogen (secondary N) is 1. The summed E-state index contributed by atoms with van der Waals surface area (Å²) < 4.78 is 34.2. The monoisotopic (exact) mass is 445 g/mol. The van der Waals surface area contributed by atoms with Gasteiger partial charge >= 0.3 is 0 Å². The van der Waals surface area contributed by atoms with Gasteiger partial charge in [-0.3, -0.25) is 14.5 Å². The number of hydrogen-bond donors (Lipinski definition) is 1. The lowest BCUT2D eigenvalue weighted by Crippen LogP contribution is -2.22. The lowest BCUT2D eigenvalue weighted by Gasteiger charge is -2.15. The summed E-state index contributed by atoms with van der Waals surface area (Å²) in [6, 6.07) is 10.5. The largest absolute Gasteiger partial charge is 0.487 e. The zero-order chi connectivity index (χ0) is 19.8. The molecule has 0 radical (unpaired) electrons. The Morgan fingerprint density at radius 3 is 2.79 bits per heavy atom. The quantitative estimate of drug-likeness (QED) is 0.497. The molecule has 0 amide bonds. The van der Waals surface area contributed by atoms with Gasteiger partial charge in [-0.25, -0.2) is 8.78 Å². The maximum atomic E-state index is 13.8. The molecular weight excluding hydrogens is 432 g/mol. The van der Waals surface area contributed by atoms with Crippen molar-refractivity contribution in [2.45, 2.75) is 13.5 Å². The molecule has 2 aromatic carbocycles. The maximum absolute atomic E-state index is 13.8. The Labute approximate surface area is 166 Å². The number of benzene rings is 2. The number of pyridine rings is 1. The number of halogens is 3. The zero-order valence-corrected chi connectivity index (χ0v) is 16.3. The molecular formula is C20H14BrF2N3O2. The van der Waals surface area contributed by atoms with E-state index in [4.69, 9.17) is 4.74 Å². The highest BCUT2D eigenvalue weighted by Crippen LogP contribution is 2.26. The summed E-state index contributed by atoms with van der Waals surface area (Å²) in [4.78, 5) is 12.9. The molecule has 0 fully saturated rings. The van der Waals surface area contributed by atoms with E-state index in [0.717, 1.165) is 23.0 Å². The predicted octanol–water partition coefficient (Wildman–Crippen LogP) is 4.64. The van der Waals surface area contributed by atoms with Crippen LogP contribution in [0.3, 0.4) is 0 Å². The first kappa shape index (κ1) is 18.4. The zero-order valence-electron chi connectivity index (χ0n) is 14.7. The predicted molar refractivity (Wildman–Crippen MR) is 105 cm³/mol. The van der Waals surface area contributed by atoms with Crippen molar-refractivity contribution in [3.8, 4) is 11.4 Å². The molecule has 8 heteroatoms. The number of H-pyrrole nitrogens is 1. The third-order valence-electron chi connectivity index (χ3n) is 4.38. The van der Waals surface area contributed by atoms with Crippen LogP contribution in [0.4, 0.5) is 8.78 Å². The van der Waals surface area contributed by atoms with E-state index >= 15 is 0 Å². The smallest absolute Gasteiger partial charge is 0.273 e. The van der Waals surface area contributed by atoms with Gasteiger partial charge in [0.05, 0.1) is 17.4 Å². The van der Waals surface area contributed by atoms with Crippen molar-refractivity contribution >= 4 is 26.8 Å². The standard InChI is InChI=1S/C20H14BrF2N3O2/c1-11-6-18(28-10-13-2-4-14(22)7-16(13)23)19(21)20(27)26(11)15-5-3-12-9-24-25-17(12)8-15/h2-9H,10H2,1H3,(H,24,25). The van der Waals surface area contributed by atoms with E-state index in [-0.39, 0.29) is 28.0 Å². The minimum Gasteiger partial charge on any atom is -0.487 e. The summed E-state index contributed by atoms with van der Waals surface area (Å²) in [5.74, 6) is -1.07. The van der Waals surface area contributed by atoms with Gasteiger partial charge in [0.2, 0.25) is 0 Å². The number of nitrogens with zero attached hydrogens (tertiary/aromatic N) is 2. The molecule has 0 atom stereocenters. The van der Waals surface area contributed by atoms with Crippen molar-refractivity contribution in [1.29, 1.82) is 0 Å². The third kappa shape index (κ3) is 3.31. The van der Waals surface area contributed by atoms with Crippen molar-refractivity contribution in [1.82, 2.24) is 14.8 Å². The van der Waals surface area contributed by atoms with E-state index in [1.807, 2.05) is 18.2 Å². The molecule has 2 aromatic heterocycles. The number of aromatic amines is 1. The average molecular weight is 446 g/mol. The fraction of sp³-hybridized carbons (Fsp3) is 0.100. The van der Waals surface area contributed by atoms with Crippen molar-refractivity contribution in [3.05, 3.63) is 86.4 Å². The molecule has 28 heavy (non-hydrogen) atoms. The molecule has 0 aliphatic rings. The number of aromatic nitrogens is 3. The molecule has 0 aliphatic heterocycles. The van der Waals surface area contributed by atoms with Crippen molar-refractivity contribution < 1.29 is 13.5 Å². The fourth-order valence-electron chi connectivity index (χ4n) is 2.97. The first-order chi connectivity index (χ1) is 13.4. The minimum absolute atomic E-state index is 0.131. The number of hydrogen-bond acceptors (Lipinski definition) is 3. The molecule has 142 valence electrons. The second kappa shape index (κ2) is 7.20. The minimum atomic E-state index is -0.700. The highest BCUT2D eigenvalue weighted by Gasteiger charge is 2.15. The average Bonchev–Trinajstić information content (AvgIpc) is 3.12. The van der Waals surface area contributed by atoms with Gasteiger partial charge in [-0.05, 0) is 53.2 Å². The number of ether oxygens (including phenoxy) is 1. The first-order valence-electron chi connectivity index (χ1n) is 8.36. The molecule has 0 saturated heterocycles. The summed E-state index contributed by atoms with van der Waals surface area (Å²) in [7, 11) is 0. The molecule has 4 rings (SSSR count). The normalized spacial score (nSPS) is 11.1. The Hall–Kier alpha value is -3.00. The second-order valence-corrected chi connectivity index (χ2v) is 7.06. The Kier molecular flexibility index (Phi) is 4.72. The number of rotatable bonds is 4. The van der Waals surface area contributed by atoms with E-state index in [0.29, 0.717) is 11.4 Å². The Morgan fingerprint density at radius 1 is 1.18 bits per heavy atom. The van der Waals surface area contributed by atoms with Crippen LogP contribution in [0.5, 0.6) is 5.75 Å². The van der Waals surface area contributed by atoms with Crippen molar-refractivity contribution in [3.63, 3.8) is 0 Å². The first-order valence-corrected chi connectivity index (χ1v) is 9.16. The van der Waals surface area contributed by atoms with Gasteiger partial charge < -0.3 is 4.74 Å². The van der Waals surface area contributed by atoms with Crippen LogP contribution in [0.1, 0.15) is 11.3 Å². The molecule has 2 heterocycles. The Balaban J connectivity index is 1.68. The lowest BCUT2D eigenvalue weighted by molar-refractivity contribution is 0.296. The molecule has 0 aliphatic carbocycles. The van der Waals surface area contributed by atoms with Crippen LogP contribution >= 0.6 is 15.9 Å². The van der Waals surface area contributed by atoms with Crippen LogP contribution in [0.25, 0.3) is 16.6 Å². The number of aryl methyl sites for hydroxylation is 1. The van der Waals surface area contributed by atoms with E-state index in [2.05, 4.69) is 26.1 Å². The lowest BCUT2D eigenvalue weighted by atomic mass is 10.2. The van der Waals surface area contributed by atoms with E-state index in [1.165, 1.54) is 10.6 Å². The summed E-state index contributed by atoms with van der Waals surface area (Å²) >= 11 is 3.28. The third-order valence-corrected chi connectivity index (χ3v) is 5.11. The van der Waals surface area contributed by atoms with Crippen LogP contribution in [0, 0.1) is 18.6 Å². The molecule has 5 nitrogen and oxygen atoms in total. The molecule has 0 spiro atoms. The molecule has 4 aromatic rings. The van der Waals surface area contributed by atoms with Gasteiger partial charge in [-0.15, -0.1) is 0 Å². The van der Waals surface area contributed by atoms with E-state index < -0.39 is 11.6 Å². The summed E-state index contributed by atoms with van der Waals surface area (Å²) in [6.07, 6.45) is 1.70. The van der Waals surface area contributed by atoms with Crippen LogP contribution < -0.4 is 10.3 Å². The van der Waals surface area contributed by atoms with Gasteiger partial charge in [0, 0.05) is 28.8 Å². The molecule has 1 N–H and O–H groups in total. The van der Waals surface area contributed by atoms with E-state index in [9.17, 15) is 13.6 Å². The van der Waals surface area contributed by atoms with Crippen LogP contribution in [0.15, 0.2) is 57.9 Å². The highest BCUT2D eigenvalue weighted by atomic mass is 79.9. The Morgan fingerprint density at radius 2 is 2.00 bits per heavy atom. The van der Waals surface area contributed by atoms with Gasteiger partial charge in [0.25, 0.3) is 5.56 Å². The summed E-state index contributed by atoms with van der Waals surface area (Å²) in [5.41, 5.74) is 2.01. The second-order valence-electron chi connectivity index (χ2n) is 6.27. The Bertz CT molecular complexity index is 1250. The van der Waals surface area contributed by atoms with Crippen LogP contribution in [0.2, 0.25) is 0 Å². The molecule has 0 bridgehead atoms. The van der Waals surface area contributed by atoms with Crippen LogP contribution in [-0.2, 0) is 6.61 Å².